The highest BCUT2D eigenvalue weighted by Crippen LogP contribution is 2.44. The number of carbonyl (C=O) groups is 2. The average molecular weight is 624 g/mol. The van der Waals surface area contributed by atoms with Crippen molar-refractivity contribution in [1.29, 1.82) is 0 Å². The summed E-state index contributed by atoms with van der Waals surface area (Å²) in [6.07, 6.45) is -1.15. The van der Waals surface area contributed by atoms with Crippen LogP contribution >= 0.6 is 0 Å². The number of nitrogens with one attached hydrogen (secondary N) is 1. The van der Waals surface area contributed by atoms with Gasteiger partial charge in [-0.1, -0.05) is 48.5 Å². The minimum Gasteiger partial charge on any atom is -0.448 e. The molecule has 0 saturated carbocycles. The van der Waals surface area contributed by atoms with Crippen LogP contribution in [0.2, 0.25) is 0 Å². The quantitative estimate of drug-likeness (QED) is 0.318. The third-order valence-electron chi connectivity index (χ3n) is 8.13. The fraction of sp³-hybridized carbons (Fsp3) is 0.394. The van der Waals surface area contributed by atoms with Gasteiger partial charge in [-0.25, -0.2) is 9.59 Å². The molecular weight excluding hydrogens is 585 g/mol. The normalized spacial score (nSPS) is 15.5. The van der Waals surface area contributed by atoms with Gasteiger partial charge in [0.2, 0.25) is 0 Å². The largest absolute Gasteiger partial charge is 0.448 e. The molecule has 0 atom stereocenters. The van der Waals surface area contributed by atoms with E-state index in [1.165, 1.54) is 6.92 Å². The van der Waals surface area contributed by atoms with E-state index in [0.29, 0.717) is 38.3 Å². The van der Waals surface area contributed by atoms with Crippen LogP contribution in [-0.4, -0.2) is 68.8 Å². The summed E-state index contributed by atoms with van der Waals surface area (Å²) in [5.74, 6) is -0.0263. The summed E-state index contributed by atoms with van der Waals surface area (Å²) >= 11 is 0. The van der Waals surface area contributed by atoms with Gasteiger partial charge in [-0.3, -0.25) is 10.2 Å². The highest BCUT2D eigenvalue weighted by Gasteiger charge is 2.31. The summed E-state index contributed by atoms with van der Waals surface area (Å²) in [7, 11) is -5.07. The molecule has 9 nitrogen and oxygen atoms in total. The molecule has 2 amide bonds. The number of hydrogen-bond acceptors (Lipinski definition) is 7. The highest BCUT2D eigenvalue weighted by atomic mass is 32.3. The Balaban J connectivity index is 1.23. The number of halogens is 1. The maximum atomic E-state index is 14.4. The summed E-state index contributed by atoms with van der Waals surface area (Å²) in [5, 5.41) is 2.58. The average Bonchev–Trinajstić information content (AvgIpc) is 3.26. The Bertz CT molecular complexity index is 1650. The van der Waals surface area contributed by atoms with Crippen molar-refractivity contribution in [3.8, 4) is 11.1 Å². The summed E-state index contributed by atoms with van der Waals surface area (Å²) in [5.41, 5.74) is 4.94. The monoisotopic (exact) mass is 623 g/mol. The predicted molar refractivity (Wildman–Crippen MR) is 166 cm³/mol. The van der Waals surface area contributed by atoms with Crippen LogP contribution in [-0.2, 0) is 26.2 Å². The maximum Gasteiger partial charge on any atom is 0.412 e. The smallest absolute Gasteiger partial charge is 0.412 e. The van der Waals surface area contributed by atoms with Gasteiger partial charge < -0.3 is 14.4 Å². The van der Waals surface area contributed by atoms with E-state index in [1.54, 1.807) is 38.7 Å². The zero-order valence-electron chi connectivity index (χ0n) is 25.6. The molecule has 1 aliphatic heterocycles. The van der Waals surface area contributed by atoms with Gasteiger partial charge in [-0.2, -0.15) is 8.42 Å². The molecule has 0 aromatic heterocycles. The molecule has 2 aliphatic rings. The highest BCUT2D eigenvalue weighted by molar-refractivity contribution is 7.86. The molecule has 1 aliphatic carbocycles. The second kappa shape index (κ2) is 12.2. The van der Waals surface area contributed by atoms with Gasteiger partial charge in [-0.15, -0.1) is 3.89 Å². The van der Waals surface area contributed by atoms with E-state index < -0.39 is 26.8 Å². The fourth-order valence-corrected chi connectivity index (χ4v) is 7.00. The standard InChI is InChI=1S/C33H38FN3O6S/c1-21-23(18-29(22(2)30(21)44(34,40)41)35-31(38)43-33(3,4)5)19-36-14-16-37(17-15-36)32(39)42-20-28-26-12-8-6-10-24(26)25-11-7-9-13-27(25)28/h6-13,18,28H,14-17,19-20H2,1-5H3,(H,35,38). The van der Waals surface area contributed by atoms with E-state index in [4.69, 9.17) is 9.47 Å². The van der Waals surface area contributed by atoms with Crippen LogP contribution in [0.5, 0.6) is 0 Å². The van der Waals surface area contributed by atoms with Crippen molar-refractivity contribution in [2.45, 2.75) is 57.6 Å². The molecule has 11 heteroatoms. The van der Waals surface area contributed by atoms with Crippen LogP contribution in [0.25, 0.3) is 11.1 Å². The number of amides is 2. The number of benzene rings is 3. The molecule has 0 bridgehead atoms. The van der Waals surface area contributed by atoms with Crippen molar-refractivity contribution in [2.24, 2.45) is 0 Å². The Labute approximate surface area is 258 Å². The molecule has 3 aromatic carbocycles. The predicted octanol–water partition coefficient (Wildman–Crippen LogP) is 6.38. The molecule has 1 fully saturated rings. The number of nitrogens with zero attached hydrogens (tertiary/aromatic N) is 2. The van der Waals surface area contributed by atoms with Crippen LogP contribution < -0.4 is 5.32 Å². The number of piperazine rings is 1. The van der Waals surface area contributed by atoms with Crippen LogP contribution in [0.15, 0.2) is 59.5 Å². The van der Waals surface area contributed by atoms with E-state index in [-0.39, 0.29) is 35.4 Å². The molecule has 1 N–H and O–H groups in total. The molecule has 5 rings (SSSR count). The minimum atomic E-state index is -5.07. The van der Waals surface area contributed by atoms with Gasteiger partial charge in [0, 0.05) is 44.3 Å². The number of ether oxygens (including phenoxy) is 2. The zero-order chi connectivity index (χ0) is 31.8. The first-order valence-electron chi connectivity index (χ1n) is 14.6. The van der Waals surface area contributed by atoms with E-state index >= 15 is 0 Å². The van der Waals surface area contributed by atoms with Gasteiger partial charge in [0.1, 0.15) is 17.1 Å². The molecule has 44 heavy (non-hydrogen) atoms. The summed E-state index contributed by atoms with van der Waals surface area (Å²) in [4.78, 5) is 28.8. The molecule has 1 heterocycles. The van der Waals surface area contributed by atoms with Crippen LogP contribution in [0.3, 0.4) is 0 Å². The molecule has 1 saturated heterocycles. The van der Waals surface area contributed by atoms with Crippen molar-refractivity contribution < 1.29 is 31.4 Å². The Morgan fingerprint density at radius 3 is 2.05 bits per heavy atom. The van der Waals surface area contributed by atoms with Crippen molar-refractivity contribution >= 4 is 28.1 Å². The van der Waals surface area contributed by atoms with Crippen LogP contribution in [0.4, 0.5) is 19.2 Å². The van der Waals surface area contributed by atoms with Gasteiger partial charge in [-0.05, 0) is 79.6 Å². The number of hydrogen-bond donors (Lipinski definition) is 1. The Morgan fingerprint density at radius 1 is 0.932 bits per heavy atom. The first-order chi connectivity index (χ1) is 20.7. The van der Waals surface area contributed by atoms with Crippen molar-refractivity contribution in [1.82, 2.24) is 9.80 Å². The second-order valence-electron chi connectivity index (χ2n) is 12.3. The number of anilines is 1. The number of fused-ring (bicyclic) bond motifs is 3. The first-order valence-corrected chi connectivity index (χ1v) is 16.0. The van der Waals surface area contributed by atoms with E-state index in [2.05, 4.69) is 34.5 Å². The SMILES string of the molecule is Cc1c(CN2CCN(C(=O)OCC3c4ccccc4-c4ccccc43)CC2)cc(NC(=O)OC(C)(C)C)c(C)c1S(=O)(=O)F. The Morgan fingerprint density at radius 2 is 1.50 bits per heavy atom. The fourth-order valence-electron chi connectivity index (χ4n) is 6.03. The third-order valence-corrected chi connectivity index (χ3v) is 9.23. The van der Waals surface area contributed by atoms with Crippen molar-refractivity contribution in [3.63, 3.8) is 0 Å². The van der Waals surface area contributed by atoms with E-state index in [1.807, 2.05) is 24.3 Å². The lowest BCUT2D eigenvalue weighted by atomic mass is 9.98. The summed E-state index contributed by atoms with van der Waals surface area (Å²) in [6, 6.07) is 18.0. The third kappa shape index (κ3) is 6.73. The van der Waals surface area contributed by atoms with Gasteiger partial charge in [0.05, 0.1) is 0 Å². The molecule has 234 valence electrons. The van der Waals surface area contributed by atoms with Crippen LogP contribution in [0.1, 0.15) is 54.5 Å². The number of rotatable bonds is 6. The molecule has 3 aromatic rings. The zero-order valence-corrected chi connectivity index (χ0v) is 26.5. The lowest BCUT2D eigenvalue weighted by Crippen LogP contribution is -2.48. The minimum absolute atomic E-state index is 0.0263. The van der Waals surface area contributed by atoms with Crippen LogP contribution in [0, 0.1) is 13.8 Å². The first kappa shape index (κ1) is 31.5. The number of carbonyl (C=O) groups excluding carboxylic acids is 2. The maximum absolute atomic E-state index is 14.4. The molecule has 0 spiro atoms. The molecule has 0 radical (unpaired) electrons. The summed E-state index contributed by atoms with van der Waals surface area (Å²) < 4.78 is 49.8. The topological polar surface area (TPSA) is 105 Å². The van der Waals surface area contributed by atoms with Gasteiger partial charge in [0.25, 0.3) is 0 Å². The van der Waals surface area contributed by atoms with Gasteiger partial charge in [0.15, 0.2) is 0 Å². The van der Waals surface area contributed by atoms with Crippen molar-refractivity contribution in [2.75, 3.05) is 38.1 Å². The molecule has 0 unspecified atom stereocenters. The molecular formula is C33H38FN3O6S. The van der Waals surface area contributed by atoms with E-state index in [9.17, 15) is 21.9 Å². The summed E-state index contributed by atoms with van der Waals surface area (Å²) in [6.45, 7) is 10.5. The lowest BCUT2D eigenvalue weighted by molar-refractivity contribution is 0.0635. The lowest BCUT2D eigenvalue weighted by Gasteiger charge is -2.34. The van der Waals surface area contributed by atoms with Crippen molar-refractivity contribution in [3.05, 3.63) is 82.4 Å². The second-order valence-corrected chi connectivity index (χ2v) is 13.6. The van der Waals surface area contributed by atoms with E-state index in [0.717, 1.165) is 22.3 Å². The Hall–Kier alpha value is -3.96. The Kier molecular flexibility index (Phi) is 8.73. The van der Waals surface area contributed by atoms with Gasteiger partial charge >= 0.3 is 22.4 Å².